The van der Waals surface area contributed by atoms with E-state index in [2.05, 4.69) is 68.3 Å². The predicted molar refractivity (Wildman–Crippen MR) is 78.5 cm³/mol. The number of benzene rings is 1. The van der Waals surface area contributed by atoms with Crippen LogP contribution in [0.1, 0.15) is 39.7 Å². The van der Waals surface area contributed by atoms with Crippen LogP contribution in [0.25, 0.3) is 5.57 Å². The first-order chi connectivity index (χ1) is 8.54. The molecule has 1 heterocycles. The van der Waals surface area contributed by atoms with E-state index in [0.717, 1.165) is 6.42 Å². The minimum Gasteiger partial charge on any atom is -0.369 e. The fraction of sp³-hybridized carbons (Fsp3) is 0.438. The Kier molecular flexibility index (Phi) is 3.55. The molecule has 1 aliphatic rings. The molecule has 1 unspecified atom stereocenters. The molecule has 18 heavy (non-hydrogen) atoms. The van der Waals surface area contributed by atoms with Crippen LogP contribution in [0, 0.1) is 5.41 Å². The van der Waals surface area contributed by atoms with E-state index in [-0.39, 0.29) is 5.41 Å². The van der Waals surface area contributed by atoms with Gasteiger partial charge in [-0.1, -0.05) is 58.0 Å². The first-order valence-electron chi connectivity index (χ1n) is 6.61. The van der Waals surface area contributed by atoms with Crippen LogP contribution in [-0.4, -0.2) is 12.4 Å². The maximum absolute atomic E-state index is 4.51. The summed E-state index contributed by atoms with van der Waals surface area (Å²) in [7, 11) is 0. The Labute approximate surface area is 110 Å². The lowest BCUT2D eigenvalue weighted by Gasteiger charge is -2.36. The van der Waals surface area contributed by atoms with Crippen molar-refractivity contribution in [1.29, 1.82) is 0 Å². The molecule has 2 heteroatoms. The summed E-state index contributed by atoms with van der Waals surface area (Å²) in [5.41, 5.74) is 3.98. The van der Waals surface area contributed by atoms with Gasteiger partial charge in [-0.15, -0.1) is 0 Å². The molecular formula is C16H22N2. The van der Waals surface area contributed by atoms with Crippen LogP contribution in [0.2, 0.25) is 0 Å². The second-order valence-corrected chi connectivity index (χ2v) is 5.80. The van der Waals surface area contributed by atoms with E-state index in [0.29, 0.717) is 6.04 Å². The van der Waals surface area contributed by atoms with Crippen LogP contribution in [0.15, 0.2) is 41.0 Å². The third-order valence-electron chi connectivity index (χ3n) is 3.35. The van der Waals surface area contributed by atoms with Crippen molar-refractivity contribution < 1.29 is 0 Å². The molecule has 0 radical (unpaired) electrons. The number of hydrogen-bond donors (Lipinski definition) is 1. The smallest absolute Gasteiger partial charge is 0.0887 e. The molecule has 2 nitrogen and oxygen atoms in total. The van der Waals surface area contributed by atoms with Crippen molar-refractivity contribution in [2.75, 3.05) is 0 Å². The Morgan fingerprint density at radius 3 is 2.39 bits per heavy atom. The highest BCUT2D eigenvalue weighted by molar-refractivity contribution is 5.79. The van der Waals surface area contributed by atoms with Gasteiger partial charge in [0.25, 0.3) is 0 Å². The molecule has 0 amide bonds. The minimum absolute atomic E-state index is 0.165. The molecule has 0 saturated heterocycles. The first-order valence-corrected chi connectivity index (χ1v) is 6.61. The van der Waals surface area contributed by atoms with Gasteiger partial charge in [0.05, 0.1) is 12.4 Å². The summed E-state index contributed by atoms with van der Waals surface area (Å²) < 4.78 is 0. The van der Waals surface area contributed by atoms with Crippen molar-refractivity contribution in [2.45, 2.75) is 40.2 Å². The molecule has 0 spiro atoms. The molecule has 0 saturated carbocycles. The Balaban J connectivity index is 2.53. The maximum Gasteiger partial charge on any atom is 0.0887 e. The maximum atomic E-state index is 4.51. The fourth-order valence-corrected chi connectivity index (χ4v) is 2.42. The Hall–Kier alpha value is -1.57. The molecule has 2 rings (SSSR count). The second kappa shape index (κ2) is 4.97. The van der Waals surface area contributed by atoms with Gasteiger partial charge in [-0.3, -0.25) is 0 Å². The lowest BCUT2D eigenvalue weighted by Crippen LogP contribution is -2.42. The summed E-state index contributed by atoms with van der Waals surface area (Å²) in [5.74, 6) is 0. The van der Waals surface area contributed by atoms with Gasteiger partial charge in [0.15, 0.2) is 0 Å². The van der Waals surface area contributed by atoms with Crippen molar-refractivity contribution in [3.05, 3.63) is 41.6 Å². The molecule has 0 aromatic heterocycles. The van der Waals surface area contributed by atoms with Crippen LogP contribution in [0.4, 0.5) is 0 Å². The van der Waals surface area contributed by atoms with E-state index in [1.165, 1.54) is 16.8 Å². The van der Waals surface area contributed by atoms with Gasteiger partial charge in [-0.05, 0) is 17.4 Å². The molecule has 0 aliphatic carbocycles. The zero-order valence-electron chi connectivity index (χ0n) is 11.7. The predicted octanol–water partition coefficient (Wildman–Crippen LogP) is 3.85. The van der Waals surface area contributed by atoms with E-state index in [9.17, 15) is 0 Å². The van der Waals surface area contributed by atoms with Gasteiger partial charge < -0.3 is 5.32 Å². The second-order valence-electron chi connectivity index (χ2n) is 5.80. The van der Waals surface area contributed by atoms with Crippen LogP contribution in [0.3, 0.4) is 0 Å². The van der Waals surface area contributed by atoms with E-state index in [1.807, 2.05) is 6.34 Å². The number of nitrogens with one attached hydrogen (secondary N) is 1. The summed E-state index contributed by atoms with van der Waals surface area (Å²) in [5, 5.41) is 3.42. The number of allylic oxidation sites excluding steroid dienone is 1. The number of hydrogen-bond acceptors (Lipinski definition) is 2. The largest absolute Gasteiger partial charge is 0.369 e. The third kappa shape index (κ3) is 2.47. The van der Waals surface area contributed by atoms with Crippen LogP contribution in [0.5, 0.6) is 0 Å². The first kappa shape index (κ1) is 12.9. The molecular weight excluding hydrogens is 220 g/mol. The van der Waals surface area contributed by atoms with Crippen molar-refractivity contribution in [3.63, 3.8) is 0 Å². The standard InChI is InChI=1S/C16H22N2/c1-5-13-14(12-9-7-6-8-10-12)15(16(2,3)4)18-11-17-13/h6-11,15H,5H2,1-4H3,(H,17,18). The molecule has 1 atom stereocenters. The zero-order chi connectivity index (χ0) is 13.2. The summed E-state index contributed by atoms with van der Waals surface area (Å²) in [6.07, 6.45) is 2.82. The minimum atomic E-state index is 0.165. The SMILES string of the molecule is CCC1=C(c2ccccc2)C(C(C)(C)C)NC=N1. The zero-order valence-corrected chi connectivity index (χ0v) is 11.7. The molecule has 0 fully saturated rings. The van der Waals surface area contributed by atoms with Crippen molar-refractivity contribution in [1.82, 2.24) is 5.32 Å². The Morgan fingerprint density at radius 2 is 1.83 bits per heavy atom. The lowest BCUT2D eigenvalue weighted by atomic mass is 9.78. The highest BCUT2D eigenvalue weighted by Crippen LogP contribution is 2.35. The van der Waals surface area contributed by atoms with Gasteiger partial charge in [0, 0.05) is 11.3 Å². The number of nitrogens with zero attached hydrogens (tertiary/aromatic N) is 1. The number of aliphatic imine (C=N–C) groups is 1. The molecule has 1 aromatic carbocycles. The van der Waals surface area contributed by atoms with Crippen LogP contribution < -0.4 is 5.32 Å². The lowest BCUT2D eigenvalue weighted by molar-refractivity contribution is 0.350. The van der Waals surface area contributed by atoms with E-state index < -0.39 is 0 Å². The van der Waals surface area contributed by atoms with E-state index in [1.54, 1.807) is 0 Å². The molecule has 1 N–H and O–H groups in total. The monoisotopic (exact) mass is 242 g/mol. The molecule has 0 bridgehead atoms. The van der Waals surface area contributed by atoms with Gasteiger partial charge >= 0.3 is 0 Å². The normalized spacial score (nSPS) is 19.9. The molecule has 1 aromatic rings. The van der Waals surface area contributed by atoms with Crippen molar-refractivity contribution in [3.8, 4) is 0 Å². The summed E-state index contributed by atoms with van der Waals surface area (Å²) >= 11 is 0. The van der Waals surface area contributed by atoms with E-state index in [4.69, 9.17) is 0 Å². The quantitative estimate of drug-likeness (QED) is 0.837. The van der Waals surface area contributed by atoms with Crippen LogP contribution >= 0.6 is 0 Å². The van der Waals surface area contributed by atoms with Gasteiger partial charge in [0.1, 0.15) is 0 Å². The van der Waals surface area contributed by atoms with Crippen molar-refractivity contribution in [2.24, 2.45) is 10.4 Å². The summed E-state index contributed by atoms with van der Waals surface area (Å²) in [6.45, 7) is 8.96. The fourth-order valence-electron chi connectivity index (χ4n) is 2.42. The summed E-state index contributed by atoms with van der Waals surface area (Å²) in [6, 6.07) is 10.9. The highest BCUT2D eigenvalue weighted by atomic mass is 15.0. The topological polar surface area (TPSA) is 24.4 Å². The van der Waals surface area contributed by atoms with Gasteiger partial charge in [-0.25, -0.2) is 4.99 Å². The van der Waals surface area contributed by atoms with E-state index >= 15 is 0 Å². The van der Waals surface area contributed by atoms with Gasteiger partial charge in [0.2, 0.25) is 0 Å². The van der Waals surface area contributed by atoms with Crippen molar-refractivity contribution >= 4 is 11.9 Å². The third-order valence-corrected chi connectivity index (χ3v) is 3.35. The van der Waals surface area contributed by atoms with Crippen LogP contribution in [-0.2, 0) is 0 Å². The summed E-state index contributed by atoms with van der Waals surface area (Å²) in [4.78, 5) is 4.51. The number of rotatable bonds is 2. The Morgan fingerprint density at radius 1 is 1.17 bits per heavy atom. The average Bonchev–Trinajstić information content (AvgIpc) is 2.38. The average molecular weight is 242 g/mol. The highest BCUT2D eigenvalue weighted by Gasteiger charge is 2.31. The molecule has 1 aliphatic heterocycles. The Bertz CT molecular complexity index is 464. The van der Waals surface area contributed by atoms with Gasteiger partial charge in [-0.2, -0.15) is 0 Å². The molecule has 96 valence electrons.